The Labute approximate surface area is 112 Å². The number of benzene rings is 1. The Bertz CT molecular complexity index is 563. The fourth-order valence-corrected chi connectivity index (χ4v) is 2.63. The maximum absolute atomic E-state index is 9.08. The van der Waals surface area contributed by atoms with Gasteiger partial charge in [0.05, 0.1) is 17.6 Å². The highest BCUT2D eigenvalue weighted by atomic mass is 35.5. The predicted octanol–water partition coefficient (Wildman–Crippen LogP) is 1.96. The molecule has 1 N–H and O–H groups in total. The van der Waals surface area contributed by atoms with E-state index in [1.165, 1.54) is 0 Å². The Balaban J connectivity index is 2.38. The van der Waals surface area contributed by atoms with Crippen LogP contribution in [0.25, 0.3) is 5.69 Å². The van der Waals surface area contributed by atoms with Crippen molar-refractivity contribution < 1.29 is 5.11 Å². The Morgan fingerprint density at radius 3 is 2.56 bits per heavy atom. The summed E-state index contributed by atoms with van der Waals surface area (Å²) in [6.07, 6.45) is 1.95. The van der Waals surface area contributed by atoms with Crippen LogP contribution in [0.1, 0.15) is 5.56 Å². The Morgan fingerprint density at radius 1 is 1.33 bits per heavy atom. The summed E-state index contributed by atoms with van der Waals surface area (Å²) in [5.41, 5.74) is 1.57. The van der Waals surface area contributed by atoms with E-state index in [1.807, 2.05) is 12.3 Å². The van der Waals surface area contributed by atoms with Gasteiger partial charge in [0.1, 0.15) is 8.07 Å². The van der Waals surface area contributed by atoms with E-state index in [1.54, 1.807) is 16.8 Å². The van der Waals surface area contributed by atoms with Crippen LogP contribution < -0.4 is 5.32 Å². The molecule has 6 heteroatoms. The molecule has 96 valence electrons. The van der Waals surface area contributed by atoms with Crippen molar-refractivity contribution in [3.05, 3.63) is 35.0 Å². The van der Waals surface area contributed by atoms with E-state index < -0.39 is 8.07 Å². The van der Waals surface area contributed by atoms with Gasteiger partial charge in [-0.1, -0.05) is 42.5 Å². The number of hydrogen-bond acceptors (Lipinski definition) is 3. The minimum atomic E-state index is -1.44. The SMILES string of the molecule is C[Si](C)(C)c1cn(-c2ccc(CO)c(Cl)c2)nn1. The second-order valence-electron chi connectivity index (χ2n) is 5.23. The molecule has 0 bridgehead atoms. The Morgan fingerprint density at radius 2 is 2.06 bits per heavy atom. The Hall–Kier alpha value is -1.17. The molecular weight excluding hydrogens is 266 g/mol. The summed E-state index contributed by atoms with van der Waals surface area (Å²) >= 11 is 6.06. The van der Waals surface area contributed by atoms with Crippen molar-refractivity contribution >= 4 is 25.0 Å². The van der Waals surface area contributed by atoms with E-state index in [0.29, 0.717) is 10.6 Å². The molecule has 4 nitrogen and oxygen atoms in total. The van der Waals surface area contributed by atoms with E-state index in [9.17, 15) is 0 Å². The summed E-state index contributed by atoms with van der Waals surface area (Å²) in [6.45, 7) is 6.62. The van der Waals surface area contributed by atoms with Gasteiger partial charge in [-0.05, 0) is 17.7 Å². The molecule has 0 fully saturated rings. The maximum Gasteiger partial charge on any atom is 0.106 e. The minimum absolute atomic E-state index is 0.0589. The van der Waals surface area contributed by atoms with Crippen LogP contribution in [0.3, 0.4) is 0 Å². The average molecular weight is 282 g/mol. The molecule has 0 saturated heterocycles. The van der Waals surface area contributed by atoms with Gasteiger partial charge in [-0.15, -0.1) is 5.10 Å². The van der Waals surface area contributed by atoms with Crippen molar-refractivity contribution in [2.75, 3.05) is 0 Å². The van der Waals surface area contributed by atoms with Gasteiger partial charge in [0.25, 0.3) is 0 Å². The first kappa shape index (κ1) is 13.3. The lowest BCUT2D eigenvalue weighted by Gasteiger charge is -2.10. The molecule has 0 aliphatic rings. The van der Waals surface area contributed by atoms with Crippen LogP contribution in [0.2, 0.25) is 24.7 Å². The van der Waals surface area contributed by atoms with Crippen LogP contribution in [0.15, 0.2) is 24.4 Å². The van der Waals surface area contributed by atoms with E-state index in [4.69, 9.17) is 16.7 Å². The third-order valence-corrected chi connectivity index (χ3v) is 4.85. The highest BCUT2D eigenvalue weighted by Gasteiger charge is 2.20. The quantitative estimate of drug-likeness (QED) is 0.875. The molecule has 2 aromatic rings. The first-order valence-corrected chi connectivity index (χ1v) is 9.62. The van der Waals surface area contributed by atoms with E-state index in [-0.39, 0.29) is 6.61 Å². The monoisotopic (exact) mass is 281 g/mol. The highest BCUT2D eigenvalue weighted by molar-refractivity contribution is 6.88. The summed E-state index contributed by atoms with van der Waals surface area (Å²) in [6, 6.07) is 5.46. The second-order valence-corrected chi connectivity index (χ2v) is 10.7. The van der Waals surface area contributed by atoms with Crippen LogP contribution in [0.4, 0.5) is 0 Å². The van der Waals surface area contributed by atoms with Gasteiger partial charge in [0, 0.05) is 11.2 Å². The van der Waals surface area contributed by atoms with Crippen molar-refractivity contribution in [2.45, 2.75) is 26.2 Å². The van der Waals surface area contributed by atoms with Gasteiger partial charge in [0.2, 0.25) is 0 Å². The number of aliphatic hydroxyl groups is 1. The molecule has 2 rings (SSSR count). The van der Waals surface area contributed by atoms with Gasteiger partial charge in [-0.3, -0.25) is 0 Å². The zero-order valence-corrected chi connectivity index (χ0v) is 12.4. The van der Waals surface area contributed by atoms with Crippen molar-refractivity contribution in [2.24, 2.45) is 0 Å². The van der Waals surface area contributed by atoms with Crippen LogP contribution >= 0.6 is 11.6 Å². The molecule has 0 amide bonds. The normalized spacial score (nSPS) is 11.8. The van der Waals surface area contributed by atoms with E-state index in [2.05, 4.69) is 30.0 Å². The van der Waals surface area contributed by atoms with Crippen LogP contribution in [-0.4, -0.2) is 28.2 Å². The average Bonchev–Trinajstić information content (AvgIpc) is 2.77. The number of aliphatic hydroxyl groups excluding tert-OH is 1. The third-order valence-electron chi connectivity index (χ3n) is 2.73. The number of hydrogen-bond donors (Lipinski definition) is 1. The summed E-state index contributed by atoms with van der Waals surface area (Å²) in [5, 5.41) is 19.0. The van der Waals surface area contributed by atoms with Crippen LogP contribution in [0.5, 0.6) is 0 Å². The van der Waals surface area contributed by atoms with Crippen molar-refractivity contribution in [1.82, 2.24) is 15.0 Å². The molecule has 0 atom stereocenters. The molecule has 0 aliphatic carbocycles. The third kappa shape index (κ3) is 2.63. The fraction of sp³-hybridized carbons (Fsp3) is 0.333. The first-order chi connectivity index (χ1) is 8.41. The largest absolute Gasteiger partial charge is 0.392 e. The lowest BCUT2D eigenvalue weighted by Crippen LogP contribution is -2.38. The predicted molar refractivity (Wildman–Crippen MR) is 75.3 cm³/mol. The lowest BCUT2D eigenvalue weighted by molar-refractivity contribution is 0.282. The molecule has 0 spiro atoms. The van der Waals surface area contributed by atoms with Gasteiger partial charge >= 0.3 is 0 Å². The topological polar surface area (TPSA) is 50.9 Å². The molecule has 0 unspecified atom stereocenters. The summed E-state index contributed by atoms with van der Waals surface area (Å²) < 4.78 is 1.72. The van der Waals surface area contributed by atoms with Gasteiger partial charge in [-0.25, -0.2) is 4.68 Å². The first-order valence-electron chi connectivity index (χ1n) is 5.74. The minimum Gasteiger partial charge on any atom is -0.392 e. The lowest BCUT2D eigenvalue weighted by atomic mass is 10.2. The molecule has 0 aliphatic heterocycles. The zero-order chi connectivity index (χ0) is 13.3. The number of rotatable bonds is 3. The standard InChI is InChI=1S/C12H16ClN3OSi/c1-18(2,3)12-7-16(15-14-12)10-5-4-9(8-17)11(13)6-10/h4-7,17H,8H2,1-3H3. The number of halogens is 1. The highest BCUT2D eigenvalue weighted by Crippen LogP contribution is 2.19. The summed E-state index contributed by atoms with van der Waals surface area (Å²) in [5.74, 6) is 0. The summed E-state index contributed by atoms with van der Waals surface area (Å²) in [4.78, 5) is 0. The summed E-state index contributed by atoms with van der Waals surface area (Å²) in [7, 11) is -1.44. The van der Waals surface area contributed by atoms with E-state index >= 15 is 0 Å². The Kier molecular flexibility index (Phi) is 3.56. The second kappa shape index (κ2) is 4.83. The number of nitrogens with zero attached hydrogens (tertiary/aromatic N) is 3. The fourth-order valence-electron chi connectivity index (χ4n) is 1.54. The van der Waals surface area contributed by atoms with Gasteiger partial charge in [-0.2, -0.15) is 0 Å². The van der Waals surface area contributed by atoms with Crippen molar-refractivity contribution in [1.29, 1.82) is 0 Å². The molecule has 18 heavy (non-hydrogen) atoms. The number of aromatic nitrogens is 3. The van der Waals surface area contributed by atoms with Gasteiger partial charge in [0.15, 0.2) is 0 Å². The van der Waals surface area contributed by atoms with E-state index in [0.717, 1.165) is 11.0 Å². The smallest absolute Gasteiger partial charge is 0.106 e. The molecule has 1 aromatic heterocycles. The van der Waals surface area contributed by atoms with Crippen molar-refractivity contribution in [3.63, 3.8) is 0 Å². The van der Waals surface area contributed by atoms with Gasteiger partial charge < -0.3 is 5.11 Å². The molecule has 1 aromatic carbocycles. The van der Waals surface area contributed by atoms with Crippen LogP contribution in [0, 0.1) is 0 Å². The molecule has 1 heterocycles. The van der Waals surface area contributed by atoms with Crippen LogP contribution in [-0.2, 0) is 6.61 Å². The maximum atomic E-state index is 9.08. The molecular formula is C12H16ClN3OSi. The van der Waals surface area contributed by atoms with Crippen molar-refractivity contribution in [3.8, 4) is 5.69 Å². The molecule has 0 radical (unpaired) electrons. The zero-order valence-electron chi connectivity index (χ0n) is 10.7. The molecule has 0 saturated carbocycles.